The maximum absolute atomic E-state index is 13.5. The van der Waals surface area contributed by atoms with Crippen LogP contribution in [0.2, 0.25) is 0 Å². The summed E-state index contributed by atoms with van der Waals surface area (Å²) in [6.07, 6.45) is 5.78. The van der Waals surface area contributed by atoms with Gasteiger partial charge in [0.25, 0.3) is 0 Å². The lowest BCUT2D eigenvalue weighted by Crippen LogP contribution is -2.32. The fourth-order valence-corrected chi connectivity index (χ4v) is 5.40. The standard InChI is InChI=1S/C25H28FN7OS/c1-16-17(2)32(19-8-6-18(26)7-9-19)23(21(16)14-27)28-22(34)15-35-25-30-29-24(33(25)20-10-11-20)31-12-4-3-5-13-31/h6-9,20H,3-5,10-13,15H2,1-2H3,(H,28,34). The van der Waals surface area contributed by atoms with Gasteiger partial charge in [0, 0.05) is 30.5 Å². The number of aromatic nitrogens is 4. The zero-order valence-corrected chi connectivity index (χ0v) is 20.7. The number of carbonyl (C=O) groups excluding carboxylic acids is 1. The molecule has 0 bridgehead atoms. The Hall–Kier alpha value is -3.32. The van der Waals surface area contributed by atoms with Crippen molar-refractivity contribution >= 4 is 29.4 Å². The molecule has 1 aromatic carbocycles. The van der Waals surface area contributed by atoms with Crippen LogP contribution in [0.15, 0.2) is 29.4 Å². The summed E-state index contributed by atoms with van der Waals surface area (Å²) in [5.74, 6) is 0.872. The van der Waals surface area contributed by atoms with Gasteiger partial charge in [-0.2, -0.15) is 5.26 Å². The average Bonchev–Trinajstić information content (AvgIpc) is 3.57. The molecule has 2 aromatic heterocycles. The summed E-state index contributed by atoms with van der Waals surface area (Å²) in [5.41, 5.74) is 2.67. The van der Waals surface area contributed by atoms with Crippen LogP contribution < -0.4 is 10.2 Å². The van der Waals surface area contributed by atoms with Gasteiger partial charge < -0.3 is 10.2 Å². The largest absolute Gasteiger partial charge is 0.341 e. The number of amides is 1. The minimum absolute atomic E-state index is 0.141. The fourth-order valence-electron chi connectivity index (χ4n) is 4.60. The van der Waals surface area contributed by atoms with Crippen molar-refractivity contribution in [3.05, 3.63) is 46.9 Å². The number of piperidine rings is 1. The first-order valence-electron chi connectivity index (χ1n) is 12.0. The summed E-state index contributed by atoms with van der Waals surface area (Å²) in [4.78, 5) is 15.3. The number of rotatable bonds is 7. The normalized spacial score (nSPS) is 15.8. The van der Waals surface area contributed by atoms with Crippen LogP contribution in [0.3, 0.4) is 0 Å². The molecule has 182 valence electrons. The number of hydrogen-bond donors (Lipinski definition) is 1. The van der Waals surface area contributed by atoms with E-state index in [4.69, 9.17) is 0 Å². The zero-order valence-electron chi connectivity index (χ0n) is 19.9. The van der Waals surface area contributed by atoms with Gasteiger partial charge >= 0.3 is 0 Å². The Balaban J connectivity index is 1.35. The minimum Gasteiger partial charge on any atom is -0.341 e. The van der Waals surface area contributed by atoms with E-state index >= 15 is 0 Å². The van der Waals surface area contributed by atoms with E-state index in [-0.39, 0.29) is 17.5 Å². The maximum atomic E-state index is 13.5. The molecule has 1 amide bonds. The average molecular weight is 494 g/mol. The van der Waals surface area contributed by atoms with Crippen molar-refractivity contribution < 1.29 is 9.18 Å². The SMILES string of the molecule is Cc1c(C#N)c(NC(=O)CSc2nnc(N3CCCCC3)n2C2CC2)n(-c2ccc(F)cc2)c1C. The first kappa shape index (κ1) is 23.4. The lowest BCUT2D eigenvalue weighted by atomic mass is 10.1. The molecule has 0 radical (unpaired) electrons. The smallest absolute Gasteiger partial charge is 0.236 e. The van der Waals surface area contributed by atoms with E-state index in [1.165, 1.54) is 30.3 Å². The molecule has 10 heteroatoms. The molecule has 0 spiro atoms. The Morgan fingerprint density at radius 1 is 1.17 bits per heavy atom. The summed E-state index contributed by atoms with van der Waals surface area (Å²) < 4.78 is 17.5. The van der Waals surface area contributed by atoms with Crippen LogP contribution in [0.5, 0.6) is 0 Å². The Labute approximate surface area is 208 Å². The van der Waals surface area contributed by atoms with Crippen LogP contribution in [0.4, 0.5) is 16.2 Å². The molecular formula is C25H28FN7OS. The lowest BCUT2D eigenvalue weighted by molar-refractivity contribution is -0.113. The predicted molar refractivity (Wildman–Crippen MR) is 134 cm³/mol. The van der Waals surface area contributed by atoms with E-state index in [2.05, 4.69) is 31.1 Å². The lowest BCUT2D eigenvalue weighted by Gasteiger charge is -2.27. The minimum atomic E-state index is -0.346. The molecule has 2 aliphatic rings. The molecule has 3 aromatic rings. The van der Waals surface area contributed by atoms with Gasteiger partial charge in [0.05, 0.1) is 11.3 Å². The molecule has 1 saturated carbocycles. The predicted octanol–water partition coefficient (Wildman–Crippen LogP) is 4.75. The highest BCUT2D eigenvalue weighted by Crippen LogP contribution is 2.41. The highest BCUT2D eigenvalue weighted by molar-refractivity contribution is 7.99. The number of hydrogen-bond acceptors (Lipinski definition) is 6. The van der Waals surface area contributed by atoms with Crippen LogP contribution in [0, 0.1) is 31.0 Å². The topological polar surface area (TPSA) is 91.8 Å². The number of benzene rings is 1. The number of nitrogens with one attached hydrogen (secondary N) is 1. The van der Waals surface area contributed by atoms with E-state index in [1.54, 1.807) is 16.7 Å². The number of nitrogens with zero attached hydrogens (tertiary/aromatic N) is 6. The number of halogens is 1. The second kappa shape index (κ2) is 9.74. The molecule has 1 saturated heterocycles. The Bertz CT molecular complexity index is 1280. The highest BCUT2D eigenvalue weighted by atomic mass is 32.2. The molecule has 0 unspecified atom stereocenters. The quantitative estimate of drug-likeness (QED) is 0.478. The van der Waals surface area contributed by atoms with Crippen molar-refractivity contribution in [3.63, 3.8) is 0 Å². The van der Waals surface area contributed by atoms with Gasteiger partial charge in [-0.05, 0) is 75.8 Å². The molecule has 1 aliphatic carbocycles. The van der Waals surface area contributed by atoms with E-state index in [0.717, 1.165) is 61.1 Å². The van der Waals surface area contributed by atoms with Crippen LogP contribution in [0.1, 0.15) is 55.0 Å². The summed E-state index contributed by atoms with van der Waals surface area (Å²) in [5, 5.41) is 22.3. The first-order chi connectivity index (χ1) is 17.0. The molecular weight excluding hydrogens is 465 g/mol. The zero-order chi connectivity index (χ0) is 24.5. The van der Waals surface area contributed by atoms with Crippen molar-refractivity contribution in [1.29, 1.82) is 5.26 Å². The Morgan fingerprint density at radius 3 is 2.54 bits per heavy atom. The second-order valence-electron chi connectivity index (χ2n) is 9.13. The van der Waals surface area contributed by atoms with Crippen molar-refractivity contribution in [2.75, 3.05) is 29.1 Å². The van der Waals surface area contributed by atoms with Gasteiger partial charge in [0.15, 0.2) is 5.16 Å². The van der Waals surface area contributed by atoms with Crippen LogP contribution >= 0.6 is 11.8 Å². The van der Waals surface area contributed by atoms with E-state index in [9.17, 15) is 14.4 Å². The van der Waals surface area contributed by atoms with Gasteiger partial charge in [-0.25, -0.2) is 4.39 Å². The molecule has 3 heterocycles. The summed E-state index contributed by atoms with van der Waals surface area (Å²) in [7, 11) is 0. The van der Waals surface area contributed by atoms with Crippen LogP contribution in [-0.4, -0.2) is 44.1 Å². The Morgan fingerprint density at radius 2 is 1.89 bits per heavy atom. The molecule has 35 heavy (non-hydrogen) atoms. The van der Waals surface area contributed by atoms with Gasteiger partial charge in [-0.1, -0.05) is 11.8 Å². The fraction of sp³-hybridized carbons (Fsp3) is 0.440. The van der Waals surface area contributed by atoms with E-state index in [0.29, 0.717) is 23.1 Å². The monoisotopic (exact) mass is 493 g/mol. The third-order valence-electron chi connectivity index (χ3n) is 6.70. The Kier molecular flexibility index (Phi) is 6.52. The third-order valence-corrected chi connectivity index (χ3v) is 7.64. The maximum Gasteiger partial charge on any atom is 0.236 e. The summed E-state index contributed by atoms with van der Waals surface area (Å²) in [6.45, 7) is 5.71. The molecule has 1 aliphatic heterocycles. The molecule has 5 rings (SSSR count). The van der Waals surface area contributed by atoms with Crippen molar-refractivity contribution in [2.24, 2.45) is 0 Å². The number of nitriles is 1. The molecule has 2 fully saturated rings. The number of thioether (sulfide) groups is 1. The van der Waals surface area contributed by atoms with Gasteiger partial charge in [-0.3, -0.25) is 13.9 Å². The summed E-state index contributed by atoms with van der Waals surface area (Å²) >= 11 is 1.36. The third kappa shape index (κ3) is 4.65. The van der Waals surface area contributed by atoms with Crippen molar-refractivity contribution in [3.8, 4) is 11.8 Å². The van der Waals surface area contributed by atoms with E-state index < -0.39 is 0 Å². The first-order valence-corrected chi connectivity index (χ1v) is 13.0. The highest BCUT2D eigenvalue weighted by Gasteiger charge is 2.32. The second-order valence-corrected chi connectivity index (χ2v) is 10.1. The van der Waals surface area contributed by atoms with Crippen molar-refractivity contribution in [2.45, 2.75) is 57.1 Å². The molecule has 8 nitrogen and oxygen atoms in total. The van der Waals surface area contributed by atoms with Crippen LogP contribution in [0.25, 0.3) is 5.69 Å². The number of carbonyl (C=O) groups is 1. The summed E-state index contributed by atoms with van der Waals surface area (Å²) in [6, 6.07) is 8.60. The number of anilines is 2. The van der Waals surface area contributed by atoms with Crippen molar-refractivity contribution in [1.82, 2.24) is 19.3 Å². The van der Waals surface area contributed by atoms with Crippen LogP contribution in [-0.2, 0) is 4.79 Å². The van der Waals surface area contributed by atoms with Gasteiger partial charge in [0.2, 0.25) is 11.9 Å². The molecule has 1 N–H and O–H groups in total. The van der Waals surface area contributed by atoms with Gasteiger partial charge in [0.1, 0.15) is 17.7 Å². The van der Waals surface area contributed by atoms with Gasteiger partial charge in [-0.15, -0.1) is 10.2 Å². The van der Waals surface area contributed by atoms with E-state index in [1.807, 2.05) is 13.8 Å². The molecule has 0 atom stereocenters.